The molecule has 158 valence electrons. The van der Waals surface area contributed by atoms with Crippen LogP contribution in [-0.2, 0) is 28.6 Å². The first kappa shape index (κ1) is 21.1. The molecule has 0 amide bonds. The molecule has 0 saturated heterocycles. The number of hydrogen-bond donors (Lipinski definition) is 0. The smallest absolute Gasteiger partial charge is 0.308 e. The van der Waals surface area contributed by atoms with Gasteiger partial charge in [0.05, 0.1) is 17.8 Å². The number of hydrogen-bond acceptors (Lipinski definition) is 6. The predicted octanol–water partition coefficient (Wildman–Crippen LogP) is 3.80. The molecular weight excluding hydrogens is 360 g/mol. The van der Waals surface area contributed by atoms with Crippen molar-refractivity contribution >= 4 is 17.9 Å². The molecule has 4 saturated carbocycles. The van der Waals surface area contributed by atoms with Gasteiger partial charge in [-0.25, -0.2) is 0 Å². The van der Waals surface area contributed by atoms with Crippen molar-refractivity contribution in [2.75, 3.05) is 0 Å². The second-order valence-corrected chi connectivity index (χ2v) is 10.3. The molecule has 0 N–H and O–H groups in total. The maximum atomic E-state index is 12.5. The molecule has 6 heteroatoms. The van der Waals surface area contributed by atoms with Crippen LogP contribution in [0.25, 0.3) is 0 Å². The predicted molar refractivity (Wildman–Crippen MR) is 102 cm³/mol. The Hall–Kier alpha value is -1.59. The molecule has 28 heavy (non-hydrogen) atoms. The molecule has 0 radical (unpaired) electrons. The Labute approximate surface area is 167 Å². The molecule has 0 aromatic heterocycles. The van der Waals surface area contributed by atoms with Crippen molar-refractivity contribution < 1.29 is 28.6 Å². The van der Waals surface area contributed by atoms with Gasteiger partial charge >= 0.3 is 17.9 Å². The number of carbonyl (C=O) groups excluding carboxylic acids is 3. The Balaban J connectivity index is 1.94. The van der Waals surface area contributed by atoms with E-state index in [1.807, 2.05) is 41.5 Å². The Bertz CT molecular complexity index is 566. The summed E-state index contributed by atoms with van der Waals surface area (Å²) in [4.78, 5) is 37.4. The lowest BCUT2D eigenvalue weighted by Crippen LogP contribution is -2.69. The molecule has 4 aliphatic rings. The van der Waals surface area contributed by atoms with Crippen LogP contribution in [0, 0.1) is 23.7 Å². The lowest BCUT2D eigenvalue weighted by molar-refractivity contribution is -0.275. The first-order valence-corrected chi connectivity index (χ1v) is 10.6. The van der Waals surface area contributed by atoms with Crippen LogP contribution >= 0.6 is 0 Å². The van der Waals surface area contributed by atoms with Crippen molar-refractivity contribution in [1.29, 1.82) is 0 Å². The summed E-state index contributed by atoms with van der Waals surface area (Å²) in [5.41, 5.74) is -2.18. The van der Waals surface area contributed by atoms with Crippen molar-refractivity contribution in [3.63, 3.8) is 0 Å². The molecule has 4 aliphatic carbocycles. The largest absolute Gasteiger partial charge is 0.459 e. The SMILES string of the molecule is CC(C)C(=O)OC12CC3CC(OC(=O)C(C)C)(C1)CC(OC(=O)C(C)C)(C3)C2. The van der Waals surface area contributed by atoms with E-state index < -0.39 is 16.8 Å². The molecule has 0 aliphatic heterocycles. The van der Waals surface area contributed by atoms with E-state index in [0.717, 1.165) is 19.3 Å². The molecule has 0 aromatic carbocycles. The van der Waals surface area contributed by atoms with Gasteiger partial charge < -0.3 is 14.2 Å². The van der Waals surface area contributed by atoms with E-state index in [0.29, 0.717) is 19.3 Å². The fraction of sp³-hybridized carbons (Fsp3) is 0.864. The van der Waals surface area contributed by atoms with Crippen LogP contribution in [0.3, 0.4) is 0 Å². The molecule has 0 unspecified atom stereocenters. The van der Waals surface area contributed by atoms with Gasteiger partial charge in [-0.1, -0.05) is 41.5 Å². The average Bonchev–Trinajstić information content (AvgIpc) is 2.51. The van der Waals surface area contributed by atoms with E-state index in [-0.39, 0.29) is 41.6 Å². The van der Waals surface area contributed by atoms with Crippen LogP contribution in [0.2, 0.25) is 0 Å². The van der Waals surface area contributed by atoms with Crippen LogP contribution in [0.15, 0.2) is 0 Å². The summed E-state index contributed by atoms with van der Waals surface area (Å²) in [5, 5.41) is 0. The normalized spacial score (nSPS) is 36.1. The van der Waals surface area contributed by atoms with Gasteiger partial charge in [0.2, 0.25) is 0 Å². The van der Waals surface area contributed by atoms with Gasteiger partial charge in [0.15, 0.2) is 0 Å². The second kappa shape index (κ2) is 7.03. The summed E-state index contributed by atoms with van der Waals surface area (Å²) < 4.78 is 18.1. The number of rotatable bonds is 6. The molecule has 4 bridgehead atoms. The van der Waals surface area contributed by atoms with E-state index in [4.69, 9.17) is 14.2 Å². The zero-order valence-corrected chi connectivity index (χ0v) is 18.0. The third-order valence-corrected chi connectivity index (χ3v) is 6.28. The standard InChI is InChI=1S/C22H34O6/c1-13(2)17(23)26-20-7-16-8-21(10-20,27-18(24)14(3)4)12-22(9-16,11-20)28-19(25)15(5)6/h13-16H,7-12H2,1-6H3. The van der Waals surface area contributed by atoms with Gasteiger partial charge in [-0.05, 0) is 25.2 Å². The topological polar surface area (TPSA) is 78.9 Å². The summed E-state index contributed by atoms with van der Waals surface area (Å²) in [6.07, 6.45) is 3.71. The number of carbonyl (C=O) groups is 3. The lowest BCUT2D eigenvalue weighted by atomic mass is 9.50. The fourth-order valence-corrected chi connectivity index (χ4v) is 5.51. The van der Waals surface area contributed by atoms with Crippen molar-refractivity contribution in [3.05, 3.63) is 0 Å². The van der Waals surface area contributed by atoms with Crippen LogP contribution in [0.1, 0.15) is 80.1 Å². The minimum Gasteiger partial charge on any atom is -0.459 e. The molecule has 0 aromatic rings. The molecule has 4 fully saturated rings. The first-order chi connectivity index (χ1) is 12.9. The van der Waals surface area contributed by atoms with Gasteiger partial charge in [0, 0.05) is 19.3 Å². The Morgan fingerprint density at radius 3 is 1.07 bits per heavy atom. The van der Waals surface area contributed by atoms with Crippen LogP contribution < -0.4 is 0 Å². The van der Waals surface area contributed by atoms with Crippen molar-refractivity contribution in [2.24, 2.45) is 23.7 Å². The Morgan fingerprint density at radius 2 is 0.857 bits per heavy atom. The summed E-state index contributed by atoms with van der Waals surface area (Å²) in [6.45, 7) is 10.9. The molecule has 0 atom stereocenters. The first-order valence-electron chi connectivity index (χ1n) is 10.6. The number of ether oxygens (including phenoxy) is 3. The Morgan fingerprint density at radius 1 is 0.607 bits per heavy atom. The Kier molecular flexibility index (Phi) is 5.30. The second-order valence-electron chi connectivity index (χ2n) is 10.3. The minimum absolute atomic E-state index is 0.205. The van der Waals surface area contributed by atoms with Crippen molar-refractivity contribution in [1.82, 2.24) is 0 Å². The summed E-state index contributed by atoms with van der Waals surface area (Å²) in [7, 11) is 0. The molecule has 0 spiro atoms. The van der Waals surface area contributed by atoms with Gasteiger partial charge in [-0.2, -0.15) is 0 Å². The highest BCUT2D eigenvalue weighted by molar-refractivity contribution is 5.74. The summed E-state index contributed by atoms with van der Waals surface area (Å²) in [5.74, 6) is -1.27. The highest BCUT2D eigenvalue weighted by atomic mass is 16.6. The monoisotopic (exact) mass is 394 g/mol. The third-order valence-electron chi connectivity index (χ3n) is 6.28. The van der Waals surface area contributed by atoms with Gasteiger partial charge in [-0.3, -0.25) is 14.4 Å². The van der Waals surface area contributed by atoms with E-state index in [9.17, 15) is 14.4 Å². The molecule has 4 rings (SSSR count). The fourth-order valence-electron chi connectivity index (χ4n) is 5.51. The van der Waals surface area contributed by atoms with Gasteiger partial charge in [-0.15, -0.1) is 0 Å². The highest BCUT2D eigenvalue weighted by Crippen LogP contribution is 2.63. The zero-order valence-electron chi connectivity index (χ0n) is 18.0. The lowest BCUT2D eigenvalue weighted by Gasteiger charge is -2.64. The van der Waals surface area contributed by atoms with E-state index in [2.05, 4.69) is 0 Å². The zero-order chi connectivity index (χ0) is 20.9. The highest BCUT2D eigenvalue weighted by Gasteiger charge is 2.68. The quantitative estimate of drug-likeness (QED) is 0.504. The average molecular weight is 395 g/mol. The summed E-state index contributed by atoms with van der Waals surface area (Å²) in [6, 6.07) is 0. The van der Waals surface area contributed by atoms with Crippen molar-refractivity contribution in [3.8, 4) is 0 Å². The van der Waals surface area contributed by atoms with Crippen LogP contribution in [0.5, 0.6) is 0 Å². The number of esters is 3. The van der Waals surface area contributed by atoms with E-state index in [1.54, 1.807) is 0 Å². The molecule has 0 heterocycles. The van der Waals surface area contributed by atoms with Gasteiger partial charge in [0.25, 0.3) is 0 Å². The molecular formula is C22H34O6. The molecule has 6 nitrogen and oxygen atoms in total. The minimum atomic E-state index is -0.727. The van der Waals surface area contributed by atoms with E-state index in [1.165, 1.54) is 0 Å². The van der Waals surface area contributed by atoms with Crippen LogP contribution in [-0.4, -0.2) is 34.7 Å². The van der Waals surface area contributed by atoms with Crippen LogP contribution in [0.4, 0.5) is 0 Å². The van der Waals surface area contributed by atoms with Gasteiger partial charge in [0.1, 0.15) is 16.8 Å². The third kappa shape index (κ3) is 3.92. The summed E-state index contributed by atoms with van der Waals surface area (Å²) >= 11 is 0. The van der Waals surface area contributed by atoms with E-state index >= 15 is 0 Å². The maximum absolute atomic E-state index is 12.5. The van der Waals surface area contributed by atoms with Crippen molar-refractivity contribution in [2.45, 2.75) is 96.9 Å². The maximum Gasteiger partial charge on any atom is 0.308 e.